The van der Waals surface area contributed by atoms with Gasteiger partial charge in [0.2, 0.25) is 0 Å². The molecule has 38 heavy (non-hydrogen) atoms. The summed E-state index contributed by atoms with van der Waals surface area (Å²) in [6.07, 6.45) is -3.27. The van der Waals surface area contributed by atoms with E-state index in [-0.39, 0.29) is 52.2 Å². The summed E-state index contributed by atoms with van der Waals surface area (Å²) in [6, 6.07) is 2.15. The molecule has 0 aliphatic carbocycles. The molecule has 1 aromatic carbocycles. The van der Waals surface area contributed by atoms with Crippen LogP contribution in [0.25, 0.3) is 22.1 Å². The summed E-state index contributed by atoms with van der Waals surface area (Å²) in [4.78, 5) is 39.4. The zero-order valence-corrected chi connectivity index (χ0v) is 20.5. The first-order valence-corrected chi connectivity index (χ1v) is 11.6. The van der Waals surface area contributed by atoms with Crippen molar-refractivity contribution in [2.75, 3.05) is 24.1 Å². The molecule has 0 unspecified atom stereocenters. The summed E-state index contributed by atoms with van der Waals surface area (Å²) in [6.45, 7) is 6.00. The number of amides is 2. The van der Waals surface area contributed by atoms with Crippen LogP contribution in [0, 0.1) is 0 Å². The molecule has 0 spiro atoms. The molecule has 1 aliphatic rings. The number of aromatic nitrogens is 5. The van der Waals surface area contributed by atoms with Crippen LogP contribution >= 0.6 is 0 Å². The van der Waals surface area contributed by atoms with Crippen molar-refractivity contribution in [3.05, 3.63) is 35.8 Å². The van der Waals surface area contributed by atoms with Crippen molar-refractivity contribution in [2.24, 2.45) is 0 Å². The van der Waals surface area contributed by atoms with Crippen LogP contribution in [0.1, 0.15) is 49.3 Å². The maximum atomic E-state index is 13.2. The summed E-state index contributed by atoms with van der Waals surface area (Å²) in [7, 11) is 0. The maximum Gasteiger partial charge on any atom is 0.416 e. The molecular weight excluding hydrogens is 509 g/mol. The number of halogens is 3. The van der Waals surface area contributed by atoms with E-state index >= 15 is 0 Å². The lowest BCUT2D eigenvalue weighted by atomic mass is 10.2. The summed E-state index contributed by atoms with van der Waals surface area (Å²) >= 11 is 0. The van der Waals surface area contributed by atoms with E-state index in [1.54, 1.807) is 25.7 Å². The molecule has 12 nitrogen and oxygen atoms in total. The Morgan fingerprint density at radius 3 is 2.68 bits per heavy atom. The number of likely N-dealkylation sites (tertiary alicyclic amines) is 1. The SMILES string of the molecule is CC(C)(C)OC(=O)N1CC[C@@H](n2nc(C(=O)Nc3nc4cc(C(F)(F)F)ccc4o3)c3c(N)ncnc32)C1. The first-order valence-electron chi connectivity index (χ1n) is 11.6. The van der Waals surface area contributed by atoms with E-state index in [1.165, 1.54) is 11.0 Å². The van der Waals surface area contributed by atoms with Gasteiger partial charge in [-0.2, -0.15) is 23.3 Å². The molecule has 2 amide bonds. The fourth-order valence-corrected chi connectivity index (χ4v) is 4.16. The van der Waals surface area contributed by atoms with Crippen LogP contribution in [-0.4, -0.2) is 60.3 Å². The summed E-state index contributed by atoms with van der Waals surface area (Å²) in [5.41, 5.74) is 4.62. The van der Waals surface area contributed by atoms with Gasteiger partial charge in [-0.25, -0.2) is 19.4 Å². The van der Waals surface area contributed by atoms with E-state index in [1.807, 2.05) is 0 Å². The molecule has 1 aliphatic heterocycles. The first-order chi connectivity index (χ1) is 17.8. The predicted molar refractivity (Wildman–Crippen MR) is 128 cm³/mol. The number of ether oxygens (including phenoxy) is 1. The second kappa shape index (κ2) is 8.85. The van der Waals surface area contributed by atoms with Crippen molar-refractivity contribution in [1.82, 2.24) is 29.6 Å². The lowest BCUT2D eigenvalue weighted by molar-refractivity contribution is -0.137. The van der Waals surface area contributed by atoms with Crippen molar-refractivity contribution in [1.29, 1.82) is 0 Å². The van der Waals surface area contributed by atoms with E-state index in [4.69, 9.17) is 14.9 Å². The first kappa shape index (κ1) is 25.2. The minimum Gasteiger partial charge on any atom is -0.444 e. The van der Waals surface area contributed by atoms with Gasteiger partial charge < -0.3 is 19.8 Å². The third-order valence-corrected chi connectivity index (χ3v) is 5.83. The Morgan fingerprint density at radius 2 is 1.97 bits per heavy atom. The van der Waals surface area contributed by atoms with Crippen molar-refractivity contribution >= 4 is 46.0 Å². The van der Waals surface area contributed by atoms with Crippen molar-refractivity contribution in [2.45, 2.75) is 45.0 Å². The van der Waals surface area contributed by atoms with Crippen LogP contribution in [0.3, 0.4) is 0 Å². The van der Waals surface area contributed by atoms with E-state index in [2.05, 4.69) is 25.4 Å². The number of carbonyl (C=O) groups excluding carboxylic acids is 2. The number of carbonyl (C=O) groups is 2. The number of alkyl halides is 3. The Balaban J connectivity index is 1.43. The normalized spacial score (nSPS) is 16.4. The largest absolute Gasteiger partial charge is 0.444 e. The van der Waals surface area contributed by atoms with Gasteiger partial charge in [-0.05, 0) is 45.4 Å². The van der Waals surface area contributed by atoms with Crippen molar-refractivity contribution in [3.63, 3.8) is 0 Å². The fourth-order valence-electron chi connectivity index (χ4n) is 4.16. The number of oxazole rings is 1. The molecule has 1 fully saturated rings. The molecule has 15 heteroatoms. The van der Waals surface area contributed by atoms with E-state index < -0.39 is 29.3 Å². The second-order valence-electron chi connectivity index (χ2n) is 9.77. The number of nitrogen functional groups attached to an aromatic ring is 1. The number of hydrogen-bond donors (Lipinski definition) is 2. The number of nitrogens with zero attached hydrogens (tertiary/aromatic N) is 6. The van der Waals surface area contributed by atoms with Gasteiger partial charge in [-0.15, -0.1) is 0 Å². The molecular formula is C23H23F3N8O4. The highest BCUT2D eigenvalue weighted by Gasteiger charge is 2.34. The quantitative estimate of drug-likeness (QED) is 0.398. The minimum atomic E-state index is -4.56. The molecule has 3 aromatic heterocycles. The molecule has 1 saturated heterocycles. The molecule has 0 bridgehead atoms. The van der Waals surface area contributed by atoms with Crippen LogP contribution in [0.5, 0.6) is 0 Å². The van der Waals surface area contributed by atoms with Gasteiger partial charge in [0, 0.05) is 13.1 Å². The molecule has 4 aromatic rings. The highest BCUT2D eigenvalue weighted by Crippen LogP contribution is 2.33. The van der Waals surface area contributed by atoms with Gasteiger partial charge in [0.15, 0.2) is 16.9 Å². The van der Waals surface area contributed by atoms with Crippen LogP contribution in [0.4, 0.5) is 29.8 Å². The Bertz CT molecular complexity index is 1560. The van der Waals surface area contributed by atoms with Gasteiger partial charge in [-0.1, -0.05) is 0 Å². The predicted octanol–water partition coefficient (Wildman–Crippen LogP) is 4.00. The van der Waals surface area contributed by atoms with E-state index in [9.17, 15) is 22.8 Å². The number of nitrogens with two attached hydrogens (primary N) is 1. The van der Waals surface area contributed by atoms with Gasteiger partial charge in [0.25, 0.3) is 5.91 Å². The van der Waals surface area contributed by atoms with Gasteiger partial charge >= 0.3 is 18.3 Å². The number of rotatable bonds is 3. The van der Waals surface area contributed by atoms with Crippen LogP contribution in [0.15, 0.2) is 28.9 Å². The Kier molecular flexibility index (Phi) is 5.87. The highest BCUT2D eigenvalue weighted by atomic mass is 19.4. The maximum absolute atomic E-state index is 13.2. The van der Waals surface area contributed by atoms with Crippen LogP contribution in [-0.2, 0) is 10.9 Å². The second-order valence-corrected chi connectivity index (χ2v) is 9.77. The zero-order chi connectivity index (χ0) is 27.4. The third-order valence-electron chi connectivity index (χ3n) is 5.83. The lowest BCUT2D eigenvalue weighted by Crippen LogP contribution is -2.35. The minimum absolute atomic E-state index is 0.000722. The van der Waals surface area contributed by atoms with E-state index in [0.29, 0.717) is 13.0 Å². The fraction of sp³-hybridized carbons (Fsp3) is 0.391. The summed E-state index contributed by atoms with van der Waals surface area (Å²) in [5, 5.41) is 7.01. The molecule has 200 valence electrons. The molecule has 3 N–H and O–H groups in total. The number of benzene rings is 1. The number of nitrogens with one attached hydrogen (secondary N) is 1. The van der Waals surface area contributed by atoms with Gasteiger partial charge in [0.05, 0.1) is 17.0 Å². The molecule has 0 radical (unpaired) electrons. The molecule has 4 heterocycles. The van der Waals surface area contributed by atoms with Crippen molar-refractivity contribution < 1.29 is 31.9 Å². The molecule has 1 atom stereocenters. The Hall–Kier alpha value is -4.43. The average molecular weight is 532 g/mol. The monoisotopic (exact) mass is 532 g/mol. The third kappa shape index (κ3) is 4.78. The summed E-state index contributed by atoms with van der Waals surface area (Å²) in [5.74, 6) is -0.777. The number of anilines is 2. The standard InChI is InChI=1S/C23H23F3N8O4/c1-22(2,3)38-21(36)33-7-6-12(9-33)34-18-15(17(27)28-10-29-18)16(32-34)19(35)31-20-30-13-8-11(23(24,25)26)4-5-14(13)37-20/h4-5,8,10,12H,6-7,9H2,1-3H3,(H2,27,28,29)(H,30,31,35)/t12-/m1/s1. The highest BCUT2D eigenvalue weighted by molar-refractivity contribution is 6.12. The van der Waals surface area contributed by atoms with E-state index in [0.717, 1.165) is 18.2 Å². The summed E-state index contributed by atoms with van der Waals surface area (Å²) < 4.78 is 51.4. The number of fused-ring (bicyclic) bond motifs is 2. The van der Waals surface area contributed by atoms with Crippen molar-refractivity contribution in [3.8, 4) is 0 Å². The van der Waals surface area contributed by atoms with Crippen LogP contribution in [0.2, 0.25) is 0 Å². The topological polar surface area (TPSA) is 154 Å². The zero-order valence-electron chi connectivity index (χ0n) is 20.5. The Morgan fingerprint density at radius 1 is 1.21 bits per heavy atom. The van der Waals surface area contributed by atoms with Gasteiger partial charge in [-0.3, -0.25) is 10.1 Å². The molecule has 0 saturated carbocycles. The lowest BCUT2D eigenvalue weighted by Gasteiger charge is -2.24. The van der Waals surface area contributed by atoms with Gasteiger partial charge in [0.1, 0.15) is 23.3 Å². The molecule has 5 rings (SSSR count). The average Bonchev–Trinajstić information content (AvgIpc) is 3.53. The smallest absolute Gasteiger partial charge is 0.416 e. The van der Waals surface area contributed by atoms with Crippen LogP contribution < -0.4 is 11.1 Å². The Labute approximate surface area is 213 Å². The number of hydrogen-bond acceptors (Lipinski definition) is 9.